The molecular weight excluding hydrogens is 434 g/mol. The number of pyridine rings is 1. The molecule has 0 fully saturated rings. The van der Waals surface area contributed by atoms with Gasteiger partial charge in [0.2, 0.25) is 5.91 Å². The molecule has 0 saturated heterocycles. The first kappa shape index (κ1) is 22.7. The van der Waals surface area contributed by atoms with E-state index in [0.717, 1.165) is 15.8 Å². The molecule has 4 rings (SSSR count). The van der Waals surface area contributed by atoms with Crippen LogP contribution in [0.1, 0.15) is 38.8 Å². The molecule has 2 N–H and O–H groups in total. The molecule has 0 saturated carbocycles. The number of benzene rings is 2. The van der Waals surface area contributed by atoms with Crippen molar-refractivity contribution in [1.29, 1.82) is 0 Å². The topological polar surface area (TPSA) is 115 Å². The largest absolute Gasteiger partial charge is 0.350 e. The van der Waals surface area contributed by atoms with Crippen LogP contribution >= 0.6 is 0 Å². The van der Waals surface area contributed by atoms with E-state index in [9.17, 15) is 19.2 Å². The Hall–Kier alpha value is -4.53. The van der Waals surface area contributed by atoms with E-state index in [1.54, 1.807) is 36.4 Å². The first-order valence-electron chi connectivity index (χ1n) is 10.6. The second-order valence-electron chi connectivity index (χ2n) is 7.94. The molecule has 0 radical (unpaired) electrons. The summed E-state index contributed by atoms with van der Waals surface area (Å²) in [6.45, 7) is 3.51. The predicted molar refractivity (Wildman–Crippen MR) is 127 cm³/mol. The maximum atomic E-state index is 12.7. The molecule has 2 amide bonds. The average molecular weight is 457 g/mol. The van der Waals surface area contributed by atoms with Gasteiger partial charge in [-0.2, -0.15) is 0 Å². The minimum Gasteiger partial charge on any atom is -0.348 e. The second kappa shape index (κ2) is 9.53. The number of anilines is 1. The van der Waals surface area contributed by atoms with Crippen LogP contribution in [0.3, 0.4) is 0 Å². The third-order valence-corrected chi connectivity index (χ3v) is 5.28. The summed E-state index contributed by atoms with van der Waals surface area (Å²) in [5, 5.41) is 9.66. The van der Waals surface area contributed by atoms with E-state index in [2.05, 4.69) is 15.7 Å². The Balaban J connectivity index is 1.44. The zero-order chi connectivity index (χ0) is 24.2. The number of Topliss-reactive ketones (excluding diaryl/α,β-unsaturated/α-hetero) is 1. The minimum atomic E-state index is -0.537. The van der Waals surface area contributed by atoms with Gasteiger partial charge in [0.05, 0.1) is 5.56 Å². The van der Waals surface area contributed by atoms with Crippen LogP contribution in [-0.4, -0.2) is 31.8 Å². The molecule has 2 heterocycles. The Labute approximate surface area is 195 Å². The minimum absolute atomic E-state index is 0.0719. The fourth-order valence-electron chi connectivity index (χ4n) is 3.37. The van der Waals surface area contributed by atoms with Crippen LogP contribution in [-0.2, 0) is 17.9 Å². The van der Waals surface area contributed by atoms with Crippen LogP contribution < -0.4 is 16.3 Å². The number of aromatic nitrogens is 3. The lowest BCUT2D eigenvalue weighted by atomic mass is 10.1. The van der Waals surface area contributed by atoms with E-state index in [1.165, 1.54) is 17.5 Å². The van der Waals surface area contributed by atoms with E-state index in [0.29, 0.717) is 29.0 Å². The molecule has 9 nitrogen and oxygen atoms in total. The predicted octanol–water partition coefficient (Wildman–Crippen LogP) is 2.58. The quantitative estimate of drug-likeness (QED) is 0.414. The summed E-state index contributed by atoms with van der Waals surface area (Å²) in [6.07, 6.45) is 1.41. The third-order valence-electron chi connectivity index (χ3n) is 5.28. The molecule has 0 aliphatic rings. The maximum Gasteiger partial charge on any atom is 0.350 e. The van der Waals surface area contributed by atoms with Gasteiger partial charge in [-0.1, -0.05) is 29.8 Å². The van der Waals surface area contributed by atoms with Gasteiger partial charge >= 0.3 is 5.69 Å². The maximum absolute atomic E-state index is 12.7. The Morgan fingerprint density at radius 1 is 0.912 bits per heavy atom. The molecule has 4 aromatic rings. The Morgan fingerprint density at radius 3 is 2.26 bits per heavy atom. The van der Waals surface area contributed by atoms with Crippen molar-refractivity contribution in [3.05, 3.63) is 99.6 Å². The van der Waals surface area contributed by atoms with Crippen LogP contribution in [0, 0.1) is 6.92 Å². The third kappa shape index (κ3) is 5.09. The van der Waals surface area contributed by atoms with Crippen molar-refractivity contribution in [2.45, 2.75) is 26.9 Å². The van der Waals surface area contributed by atoms with Gasteiger partial charge in [0.15, 0.2) is 11.4 Å². The molecule has 0 aliphatic carbocycles. The molecule has 2 aromatic heterocycles. The zero-order valence-electron chi connectivity index (χ0n) is 18.7. The number of carbonyl (C=O) groups is 3. The van der Waals surface area contributed by atoms with Crippen LogP contribution in [0.5, 0.6) is 0 Å². The van der Waals surface area contributed by atoms with Crippen molar-refractivity contribution in [2.75, 3.05) is 5.32 Å². The van der Waals surface area contributed by atoms with Crippen molar-refractivity contribution < 1.29 is 14.4 Å². The van der Waals surface area contributed by atoms with E-state index < -0.39 is 11.6 Å². The number of ketones is 1. The molecule has 0 atom stereocenters. The van der Waals surface area contributed by atoms with Gasteiger partial charge in [-0.15, -0.1) is 5.10 Å². The standard InChI is InChI=1S/C25H23N5O4/c1-16-3-5-18(6-4-16)13-26-24(33)20-9-12-22-28-30(25(34)29(22)14-20)15-23(32)27-21-10-7-19(8-11-21)17(2)31/h3-12,14H,13,15H2,1-2H3,(H,26,33)(H,27,32). The molecule has 0 unspecified atom stereocenters. The summed E-state index contributed by atoms with van der Waals surface area (Å²) in [4.78, 5) is 49.0. The highest BCUT2D eigenvalue weighted by Gasteiger charge is 2.14. The van der Waals surface area contributed by atoms with Gasteiger partial charge in [0.1, 0.15) is 6.54 Å². The first-order valence-corrected chi connectivity index (χ1v) is 10.6. The SMILES string of the molecule is CC(=O)c1ccc(NC(=O)Cn2nc3ccc(C(=O)NCc4ccc(C)cc4)cn3c2=O)cc1. The Morgan fingerprint density at radius 2 is 1.59 bits per heavy atom. The molecule has 0 aliphatic heterocycles. The smallest absolute Gasteiger partial charge is 0.348 e. The van der Waals surface area contributed by atoms with E-state index in [1.807, 2.05) is 31.2 Å². The molecular formula is C25H23N5O4. The first-order chi connectivity index (χ1) is 16.3. The number of amides is 2. The molecule has 2 aromatic carbocycles. The lowest BCUT2D eigenvalue weighted by Crippen LogP contribution is -2.28. The zero-order valence-corrected chi connectivity index (χ0v) is 18.7. The van der Waals surface area contributed by atoms with Gasteiger partial charge in [0, 0.05) is 24.0 Å². The molecule has 0 bridgehead atoms. The fourth-order valence-corrected chi connectivity index (χ4v) is 3.37. The Kier molecular flexibility index (Phi) is 6.35. The van der Waals surface area contributed by atoms with Crippen molar-refractivity contribution in [3.8, 4) is 0 Å². The van der Waals surface area contributed by atoms with Gasteiger partial charge in [-0.3, -0.25) is 14.4 Å². The van der Waals surface area contributed by atoms with Gasteiger partial charge in [-0.05, 0) is 55.8 Å². The number of hydrogen-bond donors (Lipinski definition) is 2. The summed E-state index contributed by atoms with van der Waals surface area (Å²) in [5.74, 6) is -0.844. The number of fused-ring (bicyclic) bond motifs is 1. The van der Waals surface area contributed by atoms with Gasteiger partial charge < -0.3 is 10.6 Å². The van der Waals surface area contributed by atoms with Gasteiger partial charge in [-0.25, -0.2) is 13.9 Å². The van der Waals surface area contributed by atoms with Crippen molar-refractivity contribution in [1.82, 2.24) is 19.5 Å². The number of nitrogens with one attached hydrogen (secondary N) is 2. The number of hydrogen-bond acceptors (Lipinski definition) is 5. The number of carbonyl (C=O) groups excluding carboxylic acids is 3. The lowest BCUT2D eigenvalue weighted by Gasteiger charge is -2.06. The Bertz CT molecular complexity index is 1430. The van der Waals surface area contributed by atoms with Crippen LogP contribution in [0.4, 0.5) is 5.69 Å². The normalized spacial score (nSPS) is 10.8. The summed E-state index contributed by atoms with van der Waals surface area (Å²) in [5.41, 5.74) is 3.22. The number of nitrogens with zero attached hydrogens (tertiary/aromatic N) is 3. The monoisotopic (exact) mass is 457 g/mol. The fraction of sp³-hybridized carbons (Fsp3) is 0.160. The van der Waals surface area contributed by atoms with Crippen LogP contribution in [0.15, 0.2) is 71.7 Å². The van der Waals surface area contributed by atoms with Crippen LogP contribution in [0.2, 0.25) is 0 Å². The molecule has 9 heteroatoms. The molecule has 0 spiro atoms. The molecule has 172 valence electrons. The van der Waals surface area contributed by atoms with Crippen molar-refractivity contribution in [2.24, 2.45) is 0 Å². The van der Waals surface area contributed by atoms with E-state index >= 15 is 0 Å². The highest BCUT2D eigenvalue weighted by Crippen LogP contribution is 2.10. The summed E-state index contributed by atoms with van der Waals surface area (Å²) < 4.78 is 2.26. The van der Waals surface area contributed by atoms with E-state index in [4.69, 9.17) is 0 Å². The molecule has 34 heavy (non-hydrogen) atoms. The lowest BCUT2D eigenvalue weighted by molar-refractivity contribution is -0.117. The van der Waals surface area contributed by atoms with Crippen LogP contribution in [0.25, 0.3) is 5.65 Å². The summed E-state index contributed by atoms with van der Waals surface area (Å²) in [6, 6.07) is 17.4. The summed E-state index contributed by atoms with van der Waals surface area (Å²) in [7, 11) is 0. The highest BCUT2D eigenvalue weighted by molar-refractivity contribution is 5.95. The van der Waals surface area contributed by atoms with Crippen molar-refractivity contribution in [3.63, 3.8) is 0 Å². The number of aryl methyl sites for hydroxylation is 1. The highest BCUT2D eigenvalue weighted by atomic mass is 16.2. The number of rotatable bonds is 7. The summed E-state index contributed by atoms with van der Waals surface area (Å²) >= 11 is 0. The van der Waals surface area contributed by atoms with Crippen molar-refractivity contribution >= 4 is 28.9 Å². The second-order valence-corrected chi connectivity index (χ2v) is 7.94. The average Bonchev–Trinajstić information content (AvgIpc) is 3.13. The van der Waals surface area contributed by atoms with Gasteiger partial charge in [0.25, 0.3) is 5.91 Å². The van der Waals surface area contributed by atoms with E-state index in [-0.39, 0.29) is 18.2 Å².